The lowest BCUT2D eigenvalue weighted by molar-refractivity contribution is 0.0576. The van der Waals surface area contributed by atoms with Crippen molar-refractivity contribution in [2.75, 3.05) is 7.11 Å². The molecule has 0 saturated heterocycles. The molecule has 0 fully saturated rings. The molecule has 0 bridgehead atoms. The van der Waals surface area contributed by atoms with E-state index < -0.39 is 18.1 Å². The minimum absolute atomic E-state index is 0.0734. The van der Waals surface area contributed by atoms with E-state index in [1.165, 1.54) is 6.92 Å². The van der Waals surface area contributed by atoms with Crippen LogP contribution in [0.15, 0.2) is 15.5 Å². The fourth-order valence-electron chi connectivity index (χ4n) is 1.15. The van der Waals surface area contributed by atoms with E-state index in [0.717, 1.165) is 13.3 Å². The molecule has 0 unspecified atom stereocenters. The van der Waals surface area contributed by atoms with E-state index in [1.54, 1.807) is 0 Å². The molecule has 0 aliphatic carbocycles. The maximum atomic E-state index is 12.5. The van der Waals surface area contributed by atoms with Crippen LogP contribution in [-0.2, 0) is 4.74 Å². The van der Waals surface area contributed by atoms with Crippen molar-refractivity contribution in [1.29, 1.82) is 0 Å². The van der Waals surface area contributed by atoms with Crippen LogP contribution in [0.5, 0.6) is 0 Å². The SMILES string of the molecule is COC(=O)c1cn(C(F)F)c(=O)c(Br)c1C. The highest BCUT2D eigenvalue weighted by Gasteiger charge is 2.19. The van der Waals surface area contributed by atoms with Gasteiger partial charge in [-0.3, -0.25) is 9.36 Å². The molecule has 0 saturated carbocycles. The molecule has 0 N–H and O–H groups in total. The van der Waals surface area contributed by atoms with Gasteiger partial charge < -0.3 is 4.74 Å². The van der Waals surface area contributed by atoms with Crippen molar-refractivity contribution < 1.29 is 18.3 Å². The second kappa shape index (κ2) is 4.73. The van der Waals surface area contributed by atoms with Gasteiger partial charge in [0.2, 0.25) is 0 Å². The lowest BCUT2D eigenvalue weighted by Crippen LogP contribution is -2.24. The first kappa shape index (κ1) is 12.8. The molecule has 7 heteroatoms. The van der Waals surface area contributed by atoms with Gasteiger partial charge in [0.05, 0.1) is 17.1 Å². The van der Waals surface area contributed by atoms with Crippen LogP contribution in [0.2, 0.25) is 0 Å². The molecule has 0 aliphatic rings. The number of methoxy groups -OCH3 is 1. The number of pyridine rings is 1. The topological polar surface area (TPSA) is 48.3 Å². The maximum absolute atomic E-state index is 12.5. The van der Waals surface area contributed by atoms with E-state index in [9.17, 15) is 18.4 Å². The number of alkyl halides is 2. The van der Waals surface area contributed by atoms with Crippen LogP contribution in [-0.4, -0.2) is 17.6 Å². The summed E-state index contributed by atoms with van der Waals surface area (Å²) in [5, 5.41) is 0. The summed E-state index contributed by atoms with van der Waals surface area (Å²) in [6.07, 6.45) is 0.791. The maximum Gasteiger partial charge on any atom is 0.339 e. The number of aromatic nitrogens is 1. The Morgan fingerprint density at radius 2 is 2.12 bits per heavy atom. The molecule has 16 heavy (non-hydrogen) atoms. The number of halogens is 3. The van der Waals surface area contributed by atoms with Gasteiger partial charge in [-0.05, 0) is 28.4 Å². The Hall–Kier alpha value is -1.24. The fraction of sp³-hybridized carbons (Fsp3) is 0.333. The minimum atomic E-state index is -3.01. The number of rotatable bonds is 2. The largest absolute Gasteiger partial charge is 0.465 e. The van der Waals surface area contributed by atoms with Crippen LogP contribution in [0.1, 0.15) is 22.5 Å². The van der Waals surface area contributed by atoms with Gasteiger partial charge in [-0.2, -0.15) is 8.78 Å². The minimum Gasteiger partial charge on any atom is -0.465 e. The standard InChI is InChI=1S/C9H8BrF2NO3/c1-4-5(8(15)16-2)3-13(9(11)12)7(14)6(4)10/h3,9H,1-2H3. The highest BCUT2D eigenvalue weighted by atomic mass is 79.9. The van der Waals surface area contributed by atoms with Crippen LogP contribution in [0.4, 0.5) is 8.78 Å². The Kier molecular flexibility index (Phi) is 3.79. The Balaban J connectivity index is 3.54. The van der Waals surface area contributed by atoms with E-state index in [0.29, 0.717) is 0 Å². The van der Waals surface area contributed by atoms with Gasteiger partial charge in [0.15, 0.2) is 0 Å². The summed E-state index contributed by atoms with van der Waals surface area (Å²) >= 11 is 2.87. The van der Waals surface area contributed by atoms with E-state index in [2.05, 4.69) is 20.7 Å². The molecule has 0 aliphatic heterocycles. The number of hydrogen-bond acceptors (Lipinski definition) is 3. The number of esters is 1. The van der Waals surface area contributed by atoms with E-state index in [-0.39, 0.29) is 20.2 Å². The molecular weight excluding hydrogens is 288 g/mol. The molecular formula is C9H8BrF2NO3. The van der Waals surface area contributed by atoms with Crippen LogP contribution in [0.3, 0.4) is 0 Å². The van der Waals surface area contributed by atoms with Crippen molar-refractivity contribution in [1.82, 2.24) is 4.57 Å². The molecule has 0 radical (unpaired) electrons. The average Bonchev–Trinajstić information content (AvgIpc) is 2.25. The van der Waals surface area contributed by atoms with E-state index >= 15 is 0 Å². The quantitative estimate of drug-likeness (QED) is 0.785. The van der Waals surface area contributed by atoms with Crippen molar-refractivity contribution in [3.8, 4) is 0 Å². The molecule has 0 spiro atoms. The van der Waals surface area contributed by atoms with Crippen molar-refractivity contribution >= 4 is 21.9 Å². The van der Waals surface area contributed by atoms with Gasteiger partial charge in [-0.1, -0.05) is 0 Å². The first-order valence-electron chi connectivity index (χ1n) is 4.17. The Labute approximate surface area is 98.0 Å². The molecule has 1 aromatic rings. The summed E-state index contributed by atoms with van der Waals surface area (Å²) < 4.78 is 29.5. The molecule has 0 amide bonds. The molecule has 88 valence electrons. The second-order valence-electron chi connectivity index (χ2n) is 2.96. The number of hydrogen-bond donors (Lipinski definition) is 0. The number of nitrogens with zero attached hydrogens (tertiary/aromatic N) is 1. The zero-order chi connectivity index (χ0) is 12.5. The monoisotopic (exact) mass is 295 g/mol. The lowest BCUT2D eigenvalue weighted by atomic mass is 10.1. The van der Waals surface area contributed by atoms with Gasteiger partial charge in [-0.25, -0.2) is 4.79 Å². The average molecular weight is 296 g/mol. The third-order valence-electron chi connectivity index (χ3n) is 2.04. The molecule has 1 rings (SSSR count). The Morgan fingerprint density at radius 3 is 2.56 bits per heavy atom. The van der Waals surface area contributed by atoms with Gasteiger partial charge in [0.1, 0.15) is 0 Å². The van der Waals surface area contributed by atoms with Gasteiger partial charge in [0, 0.05) is 6.20 Å². The number of carbonyl (C=O) groups excluding carboxylic acids is 1. The predicted octanol–water partition coefficient (Wildman–Crippen LogP) is 2.10. The highest BCUT2D eigenvalue weighted by Crippen LogP contribution is 2.19. The van der Waals surface area contributed by atoms with Crippen LogP contribution < -0.4 is 5.56 Å². The van der Waals surface area contributed by atoms with E-state index in [4.69, 9.17) is 0 Å². The van der Waals surface area contributed by atoms with Crippen LogP contribution in [0.25, 0.3) is 0 Å². The third-order valence-corrected chi connectivity index (χ3v) is 2.97. The Bertz CT molecular complexity index is 484. The lowest BCUT2D eigenvalue weighted by Gasteiger charge is -2.10. The predicted molar refractivity (Wildman–Crippen MR) is 55.7 cm³/mol. The summed E-state index contributed by atoms with van der Waals surface area (Å²) in [5.74, 6) is -0.771. The van der Waals surface area contributed by atoms with E-state index in [1.807, 2.05) is 0 Å². The van der Waals surface area contributed by atoms with Crippen molar-refractivity contribution in [3.05, 3.63) is 32.2 Å². The Morgan fingerprint density at radius 1 is 1.56 bits per heavy atom. The first-order valence-corrected chi connectivity index (χ1v) is 4.97. The smallest absolute Gasteiger partial charge is 0.339 e. The second-order valence-corrected chi connectivity index (χ2v) is 3.76. The summed E-state index contributed by atoms with van der Waals surface area (Å²) in [4.78, 5) is 22.6. The third kappa shape index (κ3) is 2.13. The van der Waals surface area contributed by atoms with Gasteiger partial charge in [-0.15, -0.1) is 0 Å². The van der Waals surface area contributed by atoms with Crippen molar-refractivity contribution in [2.24, 2.45) is 0 Å². The summed E-state index contributed by atoms with van der Waals surface area (Å²) in [5.41, 5.74) is -0.692. The zero-order valence-corrected chi connectivity index (χ0v) is 10.0. The fourth-order valence-corrected chi connectivity index (χ4v) is 1.57. The van der Waals surface area contributed by atoms with Gasteiger partial charge in [0.25, 0.3) is 5.56 Å². The van der Waals surface area contributed by atoms with Crippen LogP contribution in [0, 0.1) is 6.92 Å². The molecule has 1 aromatic heterocycles. The first-order chi connectivity index (χ1) is 7.40. The number of carbonyl (C=O) groups is 1. The number of ether oxygens (including phenoxy) is 1. The zero-order valence-electron chi connectivity index (χ0n) is 8.46. The van der Waals surface area contributed by atoms with Crippen LogP contribution >= 0.6 is 15.9 Å². The van der Waals surface area contributed by atoms with Gasteiger partial charge >= 0.3 is 12.5 Å². The highest BCUT2D eigenvalue weighted by molar-refractivity contribution is 9.10. The van der Waals surface area contributed by atoms with Crippen molar-refractivity contribution in [2.45, 2.75) is 13.5 Å². The molecule has 1 heterocycles. The molecule has 0 atom stereocenters. The molecule has 4 nitrogen and oxygen atoms in total. The normalized spacial score (nSPS) is 10.6. The summed E-state index contributed by atoms with van der Waals surface area (Å²) in [6.45, 7) is -1.54. The summed E-state index contributed by atoms with van der Waals surface area (Å²) in [7, 11) is 1.13. The van der Waals surface area contributed by atoms with Crippen molar-refractivity contribution in [3.63, 3.8) is 0 Å². The summed E-state index contributed by atoms with van der Waals surface area (Å²) in [6, 6.07) is 0. The molecule has 0 aromatic carbocycles.